The molecule has 1 unspecified atom stereocenters. The van der Waals surface area contributed by atoms with Crippen LogP contribution in [-0.2, 0) is 0 Å². The van der Waals surface area contributed by atoms with Gasteiger partial charge < -0.3 is 15.3 Å². The molecule has 4 heteroatoms. The SMILES string of the molecule is CCCCCCNc1cccc(C(=O)N2CCCC(CO)C2)c1. The van der Waals surface area contributed by atoms with Gasteiger partial charge in [0, 0.05) is 37.5 Å². The van der Waals surface area contributed by atoms with Gasteiger partial charge >= 0.3 is 0 Å². The van der Waals surface area contributed by atoms with Crippen LogP contribution in [0.25, 0.3) is 0 Å². The normalized spacial score (nSPS) is 18.0. The van der Waals surface area contributed by atoms with Gasteiger partial charge in [-0.15, -0.1) is 0 Å². The minimum absolute atomic E-state index is 0.0813. The summed E-state index contributed by atoms with van der Waals surface area (Å²) < 4.78 is 0. The van der Waals surface area contributed by atoms with Crippen LogP contribution in [0.2, 0.25) is 0 Å². The average Bonchev–Trinajstić information content (AvgIpc) is 2.61. The van der Waals surface area contributed by atoms with Crippen LogP contribution < -0.4 is 5.32 Å². The minimum Gasteiger partial charge on any atom is -0.396 e. The summed E-state index contributed by atoms with van der Waals surface area (Å²) in [6, 6.07) is 7.79. The van der Waals surface area contributed by atoms with Gasteiger partial charge in [0.25, 0.3) is 5.91 Å². The maximum absolute atomic E-state index is 12.6. The largest absolute Gasteiger partial charge is 0.396 e. The van der Waals surface area contributed by atoms with Crippen LogP contribution in [0.15, 0.2) is 24.3 Å². The Hall–Kier alpha value is -1.55. The summed E-state index contributed by atoms with van der Waals surface area (Å²) in [6.07, 6.45) is 6.93. The smallest absolute Gasteiger partial charge is 0.253 e. The van der Waals surface area contributed by atoms with Crippen LogP contribution in [0.1, 0.15) is 55.8 Å². The lowest BCUT2D eigenvalue weighted by Crippen LogP contribution is -2.40. The van der Waals surface area contributed by atoms with Crippen molar-refractivity contribution in [1.82, 2.24) is 4.90 Å². The molecule has 1 aliphatic heterocycles. The number of anilines is 1. The van der Waals surface area contributed by atoms with Crippen molar-refractivity contribution in [2.24, 2.45) is 5.92 Å². The third-order valence-corrected chi connectivity index (χ3v) is 4.53. The maximum atomic E-state index is 12.6. The quantitative estimate of drug-likeness (QED) is 0.721. The van der Waals surface area contributed by atoms with Crippen LogP contribution >= 0.6 is 0 Å². The van der Waals surface area contributed by atoms with Gasteiger partial charge in [-0.05, 0) is 43.4 Å². The first-order valence-corrected chi connectivity index (χ1v) is 8.98. The summed E-state index contributed by atoms with van der Waals surface area (Å²) >= 11 is 0. The Morgan fingerprint density at radius 2 is 2.22 bits per heavy atom. The fourth-order valence-electron chi connectivity index (χ4n) is 3.13. The van der Waals surface area contributed by atoms with Crippen molar-refractivity contribution < 1.29 is 9.90 Å². The molecule has 2 N–H and O–H groups in total. The van der Waals surface area contributed by atoms with Gasteiger partial charge in [-0.3, -0.25) is 4.79 Å². The molecule has 1 aromatic rings. The number of carbonyl (C=O) groups is 1. The van der Waals surface area contributed by atoms with Crippen LogP contribution in [0.4, 0.5) is 5.69 Å². The van der Waals surface area contributed by atoms with E-state index in [0.717, 1.165) is 43.6 Å². The lowest BCUT2D eigenvalue weighted by Gasteiger charge is -2.32. The second kappa shape index (κ2) is 9.56. The molecule has 128 valence electrons. The molecule has 1 saturated heterocycles. The number of hydrogen-bond acceptors (Lipinski definition) is 3. The lowest BCUT2D eigenvalue weighted by molar-refractivity contribution is 0.0621. The highest BCUT2D eigenvalue weighted by atomic mass is 16.3. The number of hydrogen-bond donors (Lipinski definition) is 2. The number of amides is 1. The highest BCUT2D eigenvalue weighted by molar-refractivity contribution is 5.95. The first-order chi connectivity index (χ1) is 11.2. The van der Waals surface area contributed by atoms with E-state index in [1.54, 1.807) is 0 Å². The van der Waals surface area contributed by atoms with Crippen molar-refractivity contribution in [2.45, 2.75) is 45.4 Å². The highest BCUT2D eigenvalue weighted by Gasteiger charge is 2.24. The number of nitrogens with one attached hydrogen (secondary N) is 1. The lowest BCUT2D eigenvalue weighted by atomic mass is 9.98. The zero-order valence-corrected chi connectivity index (χ0v) is 14.3. The third kappa shape index (κ3) is 5.54. The molecule has 0 aromatic heterocycles. The molecule has 1 aliphatic rings. The van der Waals surface area contributed by atoms with E-state index in [-0.39, 0.29) is 18.4 Å². The average molecular weight is 318 g/mol. The summed E-state index contributed by atoms with van der Waals surface area (Å²) in [7, 11) is 0. The number of unbranched alkanes of at least 4 members (excludes halogenated alkanes) is 3. The van der Waals surface area contributed by atoms with Gasteiger partial charge in [-0.2, -0.15) is 0 Å². The van der Waals surface area contributed by atoms with E-state index in [1.165, 1.54) is 19.3 Å². The van der Waals surface area contributed by atoms with Gasteiger partial charge in [0.15, 0.2) is 0 Å². The zero-order valence-electron chi connectivity index (χ0n) is 14.3. The van der Waals surface area contributed by atoms with E-state index < -0.39 is 0 Å². The Labute approximate surface area is 139 Å². The van der Waals surface area contributed by atoms with E-state index in [9.17, 15) is 9.90 Å². The molecule has 1 heterocycles. The molecule has 1 aromatic carbocycles. The zero-order chi connectivity index (χ0) is 16.5. The van der Waals surface area contributed by atoms with Gasteiger partial charge in [0.05, 0.1) is 0 Å². The standard InChI is InChI=1S/C19H30N2O2/c1-2-3-4-5-11-20-18-10-6-9-17(13-18)19(23)21-12-7-8-16(14-21)15-22/h6,9-10,13,16,20,22H,2-5,7-8,11-12,14-15H2,1H3. The molecular formula is C19H30N2O2. The van der Waals surface area contributed by atoms with Crippen molar-refractivity contribution in [3.63, 3.8) is 0 Å². The van der Waals surface area contributed by atoms with Gasteiger partial charge in [-0.1, -0.05) is 32.3 Å². The fraction of sp³-hybridized carbons (Fsp3) is 0.632. The molecule has 1 fully saturated rings. The second-order valence-corrected chi connectivity index (χ2v) is 6.51. The number of piperidine rings is 1. The number of benzene rings is 1. The minimum atomic E-state index is 0.0813. The summed E-state index contributed by atoms with van der Waals surface area (Å²) in [4.78, 5) is 14.5. The Kier molecular flexibility index (Phi) is 7.40. The Morgan fingerprint density at radius 1 is 1.35 bits per heavy atom. The monoisotopic (exact) mass is 318 g/mol. The molecule has 23 heavy (non-hydrogen) atoms. The predicted octanol–water partition coefficient (Wildman–Crippen LogP) is 3.52. The number of aliphatic hydroxyl groups excluding tert-OH is 1. The van der Waals surface area contributed by atoms with Gasteiger partial charge in [-0.25, -0.2) is 0 Å². The summed E-state index contributed by atoms with van der Waals surface area (Å²) in [5.74, 6) is 0.311. The number of carbonyl (C=O) groups excluding carboxylic acids is 1. The maximum Gasteiger partial charge on any atom is 0.253 e. The van der Waals surface area contributed by atoms with E-state index in [4.69, 9.17) is 0 Å². The van der Waals surface area contributed by atoms with Crippen molar-refractivity contribution in [3.05, 3.63) is 29.8 Å². The fourth-order valence-corrected chi connectivity index (χ4v) is 3.13. The highest BCUT2D eigenvalue weighted by Crippen LogP contribution is 2.19. The number of nitrogens with zero attached hydrogens (tertiary/aromatic N) is 1. The van der Waals surface area contributed by atoms with Crippen LogP contribution in [-0.4, -0.2) is 42.2 Å². The number of aliphatic hydroxyl groups is 1. The number of rotatable bonds is 8. The molecule has 4 nitrogen and oxygen atoms in total. The van der Waals surface area contributed by atoms with Crippen LogP contribution in [0, 0.1) is 5.92 Å². The Bertz CT molecular complexity index is 490. The first-order valence-electron chi connectivity index (χ1n) is 8.98. The van der Waals surface area contributed by atoms with E-state index in [1.807, 2.05) is 29.2 Å². The van der Waals surface area contributed by atoms with Crippen LogP contribution in [0.5, 0.6) is 0 Å². The summed E-state index contributed by atoms with van der Waals surface area (Å²) in [5, 5.41) is 12.7. The molecule has 1 atom stereocenters. The van der Waals surface area contributed by atoms with Crippen LogP contribution in [0.3, 0.4) is 0 Å². The third-order valence-electron chi connectivity index (χ3n) is 4.53. The molecule has 0 saturated carbocycles. The molecular weight excluding hydrogens is 288 g/mol. The van der Waals surface area contributed by atoms with E-state index >= 15 is 0 Å². The van der Waals surface area contributed by atoms with Gasteiger partial charge in [0.1, 0.15) is 0 Å². The van der Waals surface area contributed by atoms with Crippen molar-refractivity contribution >= 4 is 11.6 Å². The topological polar surface area (TPSA) is 52.6 Å². The van der Waals surface area contributed by atoms with E-state index in [2.05, 4.69) is 12.2 Å². The van der Waals surface area contributed by atoms with Crippen molar-refractivity contribution in [3.8, 4) is 0 Å². The molecule has 0 bridgehead atoms. The molecule has 1 amide bonds. The molecule has 0 radical (unpaired) electrons. The summed E-state index contributed by atoms with van der Waals surface area (Å²) in [5.41, 5.74) is 1.75. The first kappa shape index (κ1) is 17.8. The summed E-state index contributed by atoms with van der Waals surface area (Å²) in [6.45, 7) is 4.80. The Morgan fingerprint density at radius 3 is 3.00 bits per heavy atom. The van der Waals surface area contributed by atoms with Crippen molar-refractivity contribution in [1.29, 1.82) is 0 Å². The Balaban J connectivity index is 1.89. The predicted molar refractivity (Wildman–Crippen MR) is 94.8 cm³/mol. The molecule has 0 aliphatic carbocycles. The second-order valence-electron chi connectivity index (χ2n) is 6.51. The molecule has 0 spiro atoms. The van der Waals surface area contributed by atoms with Crippen molar-refractivity contribution in [2.75, 3.05) is 31.6 Å². The molecule has 2 rings (SSSR count). The van der Waals surface area contributed by atoms with Gasteiger partial charge in [0.2, 0.25) is 0 Å². The number of likely N-dealkylation sites (tertiary alicyclic amines) is 1. The van der Waals surface area contributed by atoms with E-state index in [0.29, 0.717) is 6.54 Å².